The van der Waals surface area contributed by atoms with Crippen LogP contribution in [0.4, 0.5) is 11.5 Å². The summed E-state index contributed by atoms with van der Waals surface area (Å²) in [4.78, 5) is 10.3. The maximum atomic E-state index is 8.74. The smallest absolute Gasteiger partial charge is 0.137 e. The van der Waals surface area contributed by atoms with E-state index in [0.29, 0.717) is 13.0 Å². The third kappa shape index (κ3) is 3.05. The minimum absolute atomic E-state index is 0.441. The highest BCUT2D eigenvalue weighted by molar-refractivity contribution is 9.10. The number of hydrogen-bond donors (Lipinski definition) is 0. The number of nitrogens with zero attached hydrogens (tertiary/aromatic N) is 4. The van der Waals surface area contributed by atoms with E-state index in [1.807, 2.05) is 41.3 Å². The van der Waals surface area contributed by atoms with Crippen LogP contribution in [0.2, 0.25) is 0 Å². The van der Waals surface area contributed by atoms with Gasteiger partial charge in [0.2, 0.25) is 0 Å². The predicted molar refractivity (Wildman–Crippen MR) is 73.4 cm³/mol. The summed E-state index contributed by atoms with van der Waals surface area (Å²) in [5, 5.41) is 8.74. The van der Waals surface area contributed by atoms with Crippen molar-refractivity contribution in [3.8, 4) is 6.07 Å². The first-order chi connectivity index (χ1) is 8.81. The second kappa shape index (κ2) is 6.12. The van der Waals surface area contributed by atoms with Gasteiger partial charge in [-0.25, -0.2) is 9.97 Å². The molecule has 18 heavy (non-hydrogen) atoms. The largest absolute Gasteiger partial charge is 0.325 e. The summed E-state index contributed by atoms with van der Waals surface area (Å²) in [7, 11) is 0. The fraction of sp³-hybridized carbons (Fsp3) is 0.154. The summed E-state index contributed by atoms with van der Waals surface area (Å²) in [6.45, 7) is 0.601. The zero-order valence-corrected chi connectivity index (χ0v) is 11.2. The molecule has 0 spiro atoms. The molecule has 0 radical (unpaired) electrons. The highest BCUT2D eigenvalue weighted by atomic mass is 79.9. The Morgan fingerprint density at radius 2 is 2.00 bits per heavy atom. The van der Waals surface area contributed by atoms with Crippen LogP contribution in [0.5, 0.6) is 0 Å². The van der Waals surface area contributed by atoms with Gasteiger partial charge in [0.1, 0.15) is 16.7 Å². The Bertz CT molecular complexity index is 550. The molecule has 90 valence electrons. The Labute approximate surface area is 114 Å². The highest BCUT2D eigenvalue weighted by Gasteiger charge is 2.10. The molecule has 0 fully saturated rings. The number of benzene rings is 1. The molecule has 1 heterocycles. The van der Waals surface area contributed by atoms with Gasteiger partial charge in [0, 0.05) is 18.3 Å². The molecular formula is C13H11BrN4. The number of para-hydroxylation sites is 1. The van der Waals surface area contributed by atoms with Gasteiger partial charge in [0.15, 0.2) is 0 Å². The monoisotopic (exact) mass is 302 g/mol. The van der Waals surface area contributed by atoms with Crippen LogP contribution in [0.1, 0.15) is 6.42 Å². The van der Waals surface area contributed by atoms with Gasteiger partial charge in [-0.2, -0.15) is 5.26 Å². The summed E-state index contributed by atoms with van der Waals surface area (Å²) < 4.78 is 0.727. The molecule has 0 aliphatic carbocycles. The first-order valence-corrected chi connectivity index (χ1v) is 6.27. The topological polar surface area (TPSA) is 52.8 Å². The summed E-state index contributed by atoms with van der Waals surface area (Å²) in [6.07, 6.45) is 1.94. The van der Waals surface area contributed by atoms with Crippen LogP contribution >= 0.6 is 15.9 Å². The first-order valence-electron chi connectivity index (χ1n) is 5.48. The molecule has 0 unspecified atom stereocenters. The Hall–Kier alpha value is -1.93. The number of anilines is 2. The molecule has 0 aliphatic rings. The van der Waals surface area contributed by atoms with E-state index in [1.165, 1.54) is 6.33 Å². The minimum atomic E-state index is 0.441. The number of nitriles is 1. The molecule has 0 aliphatic heterocycles. The highest BCUT2D eigenvalue weighted by Crippen LogP contribution is 2.24. The van der Waals surface area contributed by atoms with Crippen molar-refractivity contribution in [1.29, 1.82) is 5.26 Å². The fourth-order valence-corrected chi connectivity index (χ4v) is 1.91. The molecule has 5 heteroatoms. The van der Waals surface area contributed by atoms with Gasteiger partial charge in [0.25, 0.3) is 0 Å². The molecule has 0 N–H and O–H groups in total. The van der Waals surface area contributed by atoms with Crippen LogP contribution in [0.25, 0.3) is 0 Å². The van der Waals surface area contributed by atoms with Crippen LogP contribution in [-0.4, -0.2) is 16.5 Å². The van der Waals surface area contributed by atoms with Gasteiger partial charge in [-0.05, 0) is 28.1 Å². The van der Waals surface area contributed by atoms with Crippen LogP contribution in [0.15, 0.2) is 47.3 Å². The zero-order valence-electron chi connectivity index (χ0n) is 9.62. The lowest BCUT2D eigenvalue weighted by molar-refractivity contribution is 0.917. The van der Waals surface area contributed by atoms with E-state index in [0.717, 1.165) is 16.1 Å². The second-order valence-electron chi connectivity index (χ2n) is 3.59. The fourth-order valence-electron chi connectivity index (χ4n) is 1.62. The average Bonchev–Trinajstić information content (AvgIpc) is 2.40. The van der Waals surface area contributed by atoms with Gasteiger partial charge >= 0.3 is 0 Å². The van der Waals surface area contributed by atoms with Gasteiger partial charge in [-0.15, -0.1) is 0 Å². The van der Waals surface area contributed by atoms with Crippen molar-refractivity contribution in [2.24, 2.45) is 0 Å². The summed E-state index contributed by atoms with van der Waals surface area (Å²) in [5.74, 6) is 0.776. The van der Waals surface area contributed by atoms with Crippen molar-refractivity contribution >= 4 is 27.4 Å². The Morgan fingerprint density at radius 1 is 1.22 bits per heavy atom. The summed E-state index contributed by atoms with van der Waals surface area (Å²) >= 11 is 3.33. The Balaban J connectivity index is 2.34. The summed E-state index contributed by atoms with van der Waals surface area (Å²) in [5.41, 5.74) is 1.01. The normalized spacial score (nSPS) is 9.78. The Morgan fingerprint density at radius 3 is 2.67 bits per heavy atom. The van der Waals surface area contributed by atoms with Gasteiger partial charge in [-0.3, -0.25) is 0 Å². The van der Waals surface area contributed by atoms with Gasteiger partial charge in [-0.1, -0.05) is 18.2 Å². The molecule has 0 saturated carbocycles. The molecule has 0 bridgehead atoms. The van der Waals surface area contributed by atoms with Crippen molar-refractivity contribution in [3.63, 3.8) is 0 Å². The van der Waals surface area contributed by atoms with Gasteiger partial charge in [0.05, 0.1) is 12.5 Å². The van der Waals surface area contributed by atoms with Crippen LogP contribution in [0.3, 0.4) is 0 Å². The molecule has 0 amide bonds. The molecular weight excluding hydrogens is 292 g/mol. The molecule has 2 aromatic rings. The molecule has 1 aromatic heterocycles. The molecule has 1 aromatic carbocycles. The quantitative estimate of drug-likeness (QED) is 0.813. The maximum absolute atomic E-state index is 8.74. The lowest BCUT2D eigenvalue weighted by atomic mass is 10.2. The van der Waals surface area contributed by atoms with E-state index < -0.39 is 0 Å². The Kier molecular flexibility index (Phi) is 4.26. The van der Waals surface area contributed by atoms with Crippen LogP contribution in [-0.2, 0) is 0 Å². The maximum Gasteiger partial charge on any atom is 0.137 e. The number of rotatable bonds is 4. The van der Waals surface area contributed by atoms with E-state index in [9.17, 15) is 0 Å². The van der Waals surface area contributed by atoms with Crippen molar-refractivity contribution in [2.45, 2.75) is 6.42 Å². The van der Waals surface area contributed by atoms with E-state index in [-0.39, 0.29) is 0 Å². The van der Waals surface area contributed by atoms with Crippen LogP contribution in [0, 0.1) is 11.3 Å². The van der Waals surface area contributed by atoms with E-state index in [1.54, 1.807) is 0 Å². The van der Waals surface area contributed by atoms with Crippen LogP contribution < -0.4 is 4.90 Å². The molecule has 0 saturated heterocycles. The van der Waals surface area contributed by atoms with Gasteiger partial charge < -0.3 is 4.90 Å². The zero-order chi connectivity index (χ0) is 12.8. The first kappa shape index (κ1) is 12.5. The number of hydrogen-bond acceptors (Lipinski definition) is 4. The third-order valence-electron chi connectivity index (χ3n) is 2.41. The second-order valence-corrected chi connectivity index (χ2v) is 4.41. The standard InChI is InChI=1S/C13H11BrN4/c14-12-9-13(17-10-16-12)18(8-4-7-15)11-5-2-1-3-6-11/h1-3,5-6,9-10H,4,8H2. The molecule has 4 nitrogen and oxygen atoms in total. The van der Waals surface area contributed by atoms with E-state index in [2.05, 4.69) is 32.0 Å². The van der Waals surface area contributed by atoms with Crippen molar-refractivity contribution < 1.29 is 0 Å². The van der Waals surface area contributed by atoms with Crippen molar-refractivity contribution in [3.05, 3.63) is 47.3 Å². The number of halogens is 1. The minimum Gasteiger partial charge on any atom is -0.325 e. The third-order valence-corrected chi connectivity index (χ3v) is 2.84. The molecule has 2 rings (SSSR count). The van der Waals surface area contributed by atoms with E-state index >= 15 is 0 Å². The predicted octanol–water partition coefficient (Wildman–Crippen LogP) is 3.29. The SMILES string of the molecule is N#CCCN(c1ccccc1)c1cc(Br)ncn1. The lowest BCUT2D eigenvalue weighted by Crippen LogP contribution is -2.19. The average molecular weight is 303 g/mol. The van der Waals surface area contributed by atoms with E-state index in [4.69, 9.17) is 5.26 Å². The van der Waals surface area contributed by atoms with Crippen molar-refractivity contribution in [1.82, 2.24) is 9.97 Å². The summed E-state index contributed by atoms with van der Waals surface area (Å²) in [6, 6.07) is 13.9. The molecule has 0 atom stereocenters. The number of aromatic nitrogens is 2. The van der Waals surface area contributed by atoms with Crippen molar-refractivity contribution in [2.75, 3.05) is 11.4 Å². The lowest BCUT2D eigenvalue weighted by Gasteiger charge is -2.22.